The van der Waals surface area contributed by atoms with E-state index in [0.717, 1.165) is 12.0 Å². The van der Waals surface area contributed by atoms with Crippen molar-refractivity contribution in [2.45, 2.75) is 117 Å². The zero-order valence-electron chi connectivity index (χ0n) is 30.6. The first-order chi connectivity index (χ1) is 21.7. The molecule has 0 aliphatic rings. The smallest absolute Gasteiger partial charge is 0.407 e. The maximum atomic E-state index is 12.9. The number of amides is 2. The number of alkyl carbamates (subject to hydrolysis) is 1. The Morgan fingerprint density at radius 2 is 1.60 bits per heavy atom. The molecule has 0 saturated heterocycles. The summed E-state index contributed by atoms with van der Waals surface area (Å²) >= 11 is 0. The second-order valence-electron chi connectivity index (χ2n) is 14.7. The fourth-order valence-electron chi connectivity index (χ4n) is 4.93. The molecule has 3 N–H and O–H groups in total. The van der Waals surface area contributed by atoms with Crippen molar-refractivity contribution in [1.29, 1.82) is 0 Å². The molecule has 47 heavy (non-hydrogen) atoms. The van der Waals surface area contributed by atoms with Crippen LogP contribution < -0.4 is 20.1 Å². The number of carbonyl (C=O) groups is 2. The van der Waals surface area contributed by atoms with E-state index in [0.29, 0.717) is 44.0 Å². The minimum Gasteiger partial charge on any atom is -0.493 e. The molecule has 0 fully saturated rings. The molecule has 1 rings (SSSR count). The Bertz CT molecular complexity index is 1210. The van der Waals surface area contributed by atoms with Crippen LogP contribution >= 0.6 is 0 Å². The predicted molar refractivity (Wildman–Crippen MR) is 186 cm³/mol. The third-order valence-electron chi connectivity index (χ3n) is 8.01. The van der Waals surface area contributed by atoms with Crippen LogP contribution in [0.3, 0.4) is 0 Å². The van der Waals surface area contributed by atoms with Gasteiger partial charge in [-0.15, -0.1) is 0 Å². The molecule has 0 spiro atoms. The van der Waals surface area contributed by atoms with Gasteiger partial charge < -0.3 is 34.7 Å². The SMILES string of the molecule is COCCCOc1cc(C[C@@H](C[C@H](NC(=O)OC(C)(C)C)[C@@H](O)C[C@@H](C)C(=O)NCCCS(=O)(=O)C(C)(C)C)C(C)C)ccc1OC. The Morgan fingerprint density at radius 1 is 0.936 bits per heavy atom. The highest BCUT2D eigenvalue weighted by atomic mass is 32.2. The zero-order chi connectivity index (χ0) is 36.0. The Kier molecular flexibility index (Phi) is 17.6. The second kappa shape index (κ2) is 19.4. The molecule has 0 bridgehead atoms. The van der Waals surface area contributed by atoms with Crippen LogP contribution in [0, 0.1) is 17.8 Å². The van der Waals surface area contributed by atoms with Gasteiger partial charge in [0.05, 0.1) is 36.4 Å². The number of rotatable bonds is 20. The summed E-state index contributed by atoms with van der Waals surface area (Å²) in [5, 5.41) is 17.1. The molecule has 0 radical (unpaired) electrons. The molecule has 2 amide bonds. The van der Waals surface area contributed by atoms with Gasteiger partial charge in [0.1, 0.15) is 5.60 Å². The van der Waals surface area contributed by atoms with Gasteiger partial charge in [-0.25, -0.2) is 13.2 Å². The van der Waals surface area contributed by atoms with Crippen LogP contribution in [0.15, 0.2) is 18.2 Å². The van der Waals surface area contributed by atoms with E-state index in [-0.39, 0.29) is 36.5 Å². The molecular formula is C35H62N2O9S. The number of nitrogens with one attached hydrogen (secondary N) is 2. The highest BCUT2D eigenvalue weighted by Crippen LogP contribution is 2.32. The van der Waals surface area contributed by atoms with Crippen molar-refractivity contribution in [3.63, 3.8) is 0 Å². The third kappa shape index (κ3) is 15.9. The monoisotopic (exact) mass is 686 g/mol. The first-order valence-electron chi connectivity index (χ1n) is 16.7. The van der Waals surface area contributed by atoms with Crippen molar-refractivity contribution in [3.05, 3.63) is 23.8 Å². The molecule has 0 aliphatic heterocycles. The van der Waals surface area contributed by atoms with Crippen molar-refractivity contribution in [2.75, 3.05) is 39.7 Å². The summed E-state index contributed by atoms with van der Waals surface area (Å²) in [7, 11) is -0.0382. The highest BCUT2D eigenvalue weighted by molar-refractivity contribution is 7.92. The number of benzene rings is 1. The van der Waals surface area contributed by atoms with E-state index in [4.69, 9.17) is 18.9 Å². The van der Waals surface area contributed by atoms with Crippen LogP contribution in [-0.2, 0) is 30.5 Å². The van der Waals surface area contributed by atoms with Gasteiger partial charge in [0, 0.05) is 32.6 Å². The number of ether oxygens (including phenoxy) is 4. The van der Waals surface area contributed by atoms with E-state index < -0.39 is 44.3 Å². The number of hydrogen-bond acceptors (Lipinski definition) is 9. The zero-order valence-corrected chi connectivity index (χ0v) is 31.4. The summed E-state index contributed by atoms with van der Waals surface area (Å²) in [5.74, 6) is 0.630. The lowest BCUT2D eigenvalue weighted by atomic mass is 9.82. The van der Waals surface area contributed by atoms with Gasteiger partial charge in [-0.1, -0.05) is 26.8 Å². The molecule has 1 aromatic rings. The molecule has 0 unspecified atom stereocenters. The van der Waals surface area contributed by atoms with Crippen molar-refractivity contribution in [3.8, 4) is 11.5 Å². The lowest BCUT2D eigenvalue weighted by molar-refractivity contribution is -0.125. The topological polar surface area (TPSA) is 149 Å². The fourth-order valence-corrected chi connectivity index (χ4v) is 6.06. The number of methoxy groups -OCH3 is 2. The van der Waals surface area contributed by atoms with E-state index in [1.165, 1.54) is 0 Å². The minimum atomic E-state index is -3.29. The Morgan fingerprint density at radius 3 is 2.15 bits per heavy atom. The Hall–Kier alpha value is -2.57. The summed E-state index contributed by atoms with van der Waals surface area (Å²) in [5.41, 5.74) is 0.297. The summed E-state index contributed by atoms with van der Waals surface area (Å²) < 4.78 is 46.0. The van der Waals surface area contributed by atoms with Gasteiger partial charge in [0.25, 0.3) is 0 Å². The lowest BCUT2D eigenvalue weighted by Gasteiger charge is -2.32. The normalized spacial score (nSPS) is 15.0. The average molecular weight is 687 g/mol. The summed E-state index contributed by atoms with van der Waals surface area (Å²) in [6.45, 7) is 17.5. The van der Waals surface area contributed by atoms with Gasteiger partial charge in [-0.3, -0.25) is 4.79 Å². The van der Waals surface area contributed by atoms with Crippen LogP contribution in [-0.4, -0.2) is 87.7 Å². The lowest BCUT2D eigenvalue weighted by Crippen LogP contribution is -2.48. The van der Waals surface area contributed by atoms with Gasteiger partial charge in [0.15, 0.2) is 21.3 Å². The quantitative estimate of drug-likeness (QED) is 0.155. The molecule has 0 heterocycles. The van der Waals surface area contributed by atoms with E-state index in [2.05, 4.69) is 24.5 Å². The molecule has 0 saturated carbocycles. The van der Waals surface area contributed by atoms with Gasteiger partial charge in [-0.05, 0) is 96.8 Å². The third-order valence-corrected chi connectivity index (χ3v) is 10.7. The first kappa shape index (κ1) is 42.5. The van der Waals surface area contributed by atoms with Crippen LogP contribution in [0.5, 0.6) is 11.5 Å². The molecule has 12 heteroatoms. The Labute approximate surface area is 283 Å². The largest absolute Gasteiger partial charge is 0.493 e. The van der Waals surface area contributed by atoms with Crippen LogP contribution in [0.2, 0.25) is 0 Å². The second-order valence-corrected chi connectivity index (χ2v) is 17.5. The summed E-state index contributed by atoms with van der Waals surface area (Å²) in [6, 6.07) is 5.14. The standard InChI is InChI=1S/C35H62N2O9S/c1-24(2)27(21-26-14-15-30(44-11)31(22-26)45-18-13-17-43-10)23-28(37-33(40)46-34(4,5)6)29(38)20-25(3)32(39)36-16-12-19-47(41,42)35(7,8)9/h14-15,22,24-25,27-29,38H,12-13,16-21,23H2,1-11H3,(H,36,39)(H,37,40)/t25-,27+,28+,29+/m1/s1. The van der Waals surface area contributed by atoms with Crippen molar-refractivity contribution < 1.29 is 42.1 Å². The highest BCUT2D eigenvalue weighted by Gasteiger charge is 2.32. The fraction of sp³-hybridized carbons (Fsp3) is 0.771. The average Bonchev–Trinajstić information content (AvgIpc) is 2.95. The molecular weight excluding hydrogens is 624 g/mol. The van der Waals surface area contributed by atoms with E-state index >= 15 is 0 Å². The number of aliphatic hydroxyl groups excluding tert-OH is 1. The first-order valence-corrected chi connectivity index (χ1v) is 18.3. The van der Waals surface area contributed by atoms with Crippen molar-refractivity contribution in [2.24, 2.45) is 17.8 Å². The molecule has 4 atom stereocenters. The van der Waals surface area contributed by atoms with Crippen molar-refractivity contribution in [1.82, 2.24) is 10.6 Å². The molecule has 1 aromatic carbocycles. The molecule has 0 aromatic heterocycles. The van der Waals surface area contributed by atoms with E-state index in [1.807, 2.05) is 18.2 Å². The van der Waals surface area contributed by atoms with Crippen molar-refractivity contribution >= 4 is 21.8 Å². The number of carbonyl (C=O) groups excluding carboxylic acids is 2. The van der Waals surface area contributed by atoms with Gasteiger partial charge in [-0.2, -0.15) is 0 Å². The van der Waals surface area contributed by atoms with Crippen LogP contribution in [0.25, 0.3) is 0 Å². The molecule has 272 valence electrons. The van der Waals surface area contributed by atoms with Crippen LogP contribution in [0.4, 0.5) is 4.79 Å². The Balaban J connectivity index is 3.06. The van der Waals surface area contributed by atoms with Gasteiger partial charge in [0.2, 0.25) is 5.91 Å². The predicted octanol–water partition coefficient (Wildman–Crippen LogP) is 5.32. The molecule has 11 nitrogen and oxygen atoms in total. The number of hydrogen-bond donors (Lipinski definition) is 3. The van der Waals surface area contributed by atoms with Crippen LogP contribution in [0.1, 0.15) is 93.6 Å². The van der Waals surface area contributed by atoms with E-state index in [9.17, 15) is 23.1 Å². The number of sulfone groups is 1. The number of aliphatic hydroxyl groups is 1. The summed E-state index contributed by atoms with van der Waals surface area (Å²) in [4.78, 5) is 25.8. The minimum absolute atomic E-state index is 0.0259. The van der Waals surface area contributed by atoms with Gasteiger partial charge >= 0.3 is 6.09 Å². The maximum absolute atomic E-state index is 12.9. The summed E-state index contributed by atoms with van der Waals surface area (Å²) in [6.07, 6.45) is 0.545. The maximum Gasteiger partial charge on any atom is 0.407 e. The molecule has 0 aliphatic carbocycles. The van der Waals surface area contributed by atoms with E-state index in [1.54, 1.807) is 62.7 Å².